The van der Waals surface area contributed by atoms with Crippen LogP contribution in [0.15, 0.2) is 49.1 Å². The molecule has 0 aliphatic heterocycles. The normalized spacial score (nSPS) is 11.1. The van der Waals surface area contributed by atoms with E-state index in [1.807, 2.05) is 17.4 Å². The van der Waals surface area contributed by atoms with Gasteiger partial charge in [-0.3, -0.25) is 0 Å². The van der Waals surface area contributed by atoms with Crippen LogP contribution in [-0.2, 0) is 6.54 Å². The molecule has 0 unspecified atom stereocenters. The van der Waals surface area contributed by atoms with E-state index in [-0.39, 0.29) is 0 Å². The molecule has 1 aromatic heterocycles. The maximum absolute atomic E-state index is 3.85. The molecule has 0 aliphatic carbocycles. The Labute approximate surface area is 105 Å². The number of fused-ring (bicyclic) bond motifs is 3. The van der Waals surface area contributed by atoms with E-state index in [1.54, 1.807) is 0 Å². The zero-order valence-electron chi connectivity index (χ0n) is 9.81. The Kier molecular flexibility index (Phi) is 2.45. The number of nitrogens with zero attached hydrogens (tertiary/aromatic N) is 1. The molecule has 0 saturated heterocycles. The summed E-state index contributed by atoms with van der Waals surface area (Å²) < 4.78 is 3.69. The third kappa shape index (κ3) is 1.56. The van der Waals surface area contributed by atoms with Crippen LogP contribution in [0.5, 0.6) is 0 Å². The molecule has 2 aromatic carbocycles. The van der Waals surface area contributed by atoms with E-state index in [9.17, 15) is 0 Å². The second-order valence-electron chi connectivity index (χ2n) is 4.15. The van der Waals surface area contributed by atoms with Gasteiger partial charge in [-0.15, -0.1) is 0 Å². The van der Waals surface area contributed by atoms with Crippen LogP contribution in [0.25, 0.3) is 21.0 Å². The van der Waals surface area contributed by atoms with Crippen LogP contribution in [0, 0.1) is 6.92 Å². The number of aromatic nitrogens is 1. The first kappa shape index (κ1) is 10.5. The van der Waals surface area contributed by atoms with E-state index < -0.39 is 0 Å². The van der Waals surface area contributed by atoms with Gasteiger partial charge in [0.15, 0.2) is 6.54 Å². The third-order valence-corrected chi connectivity index (χ3v) is 4.15. The van der Waals surface area contributed by atoms with Gasteiger partial charge in [0.05, 0.1) is 5.39 Å². The summed E-state index contributed by atoms with van der Waals surface area (Å²) in [7, 11) is 0. The van der Waals surface area contributed by atoms with E-state index in [1.165, 1.54) is 26.0 Å². The van der Waals surface area contributed by atoms with Gasteiger partial charge < -0.3 is 0 Å². The minimum Gasteiger partial charge on any atom is -0.182 e. The number of aryl methyl sites for hydroxylation is 1. The van der Waals surface area contributed by atoms with Crippen molar-refractivity contribution in [3.63, 3.8) is 0 Å². The summed E-state index contributed by atoms with van der Waals surface area (Å²) >= 11 is 1.85. The highest BCUT2D eigenvalue weighted by Gasteiger charge is 2.18. The highest BCUT2D eigenvalue weighted by molar-refractivity contribution is 7.18. The fourth-order valence-electron chi connectivity index (χ4n) is 2.32. The van der Waals surface area contributed by atoms with Crippen LogP contribution in [0.2, 0.25) is 0 Å². The van der Waals surface area contributed by atoms with Crippen molar-refractivity contribution in [3.05, 3.63) is 54.1 Å². The second-order valence-corrected chi connectivity index (χ2v) is 5.39. The number of rotatable bonds is 2. The molecule has 0 fully saturated rings. The summed E-state index contributed by atoms with van der Waals surface area (Å²) in [6, 6.07) is 13.0. The van der Waals surface area contributed by atoms with Gasteiger partial charge in [-0.1, -0.05) is 42.2 Å². The maximum atomic E-state index is 3.85. The van der Waals surface area contributed by atoms with Crippen LogP contribution < -0.4 is 4.57 Å². The second kappa shape index (κ2) is 3.97. The van der Waals surface area contributed by atoms with Crippen LogP contribution in [-0.4, -0.2) is 0 Å². The van der Waals surface area contributed by atoms with Crippen molar-refractivity contribution >= 4 is 32.3 Å². The Morgan fingerprint density at radius 3 is 2.88 bits per heavy atom. The van der Waals surface area contributed by atoms with Crippen molar-refractivity contribution in [3.8, 4) is 0 Å². The molecule has 0 N–H and O–H groups in total. The number of allylic oxidation sites excluding steroid dienone is 1. The first-order chi connectivity index (χ1) is 8.31. The van der Waals surface area contributed by atoms with Crippen LogP contribution in [0.4, 0.5) is 0 Å². The number of thiazole rings is 1. The molecule has 84 valence electrons. The monoisotopic (exact) mass is 240 g/mol. The molecule has 1 heterocycles. The Morgan fingerprint density at radius 2 is 2.06 bits per heavy atom. The fourth-order valence-corrected chi connectivity index (χ4v) is 3.36. The highest BCUT2D eigenvalue weighted by atomic mass is 32.1. The van der Waals surface area contributed by atoms with E-state index in [0.717, 1.165) is 6.54 Å². The minimum atomic E-state index is 0.875. The van der Waals surface area contributed by atoms with Crippen molar-refractivity contribution in [1.29, 1.82) is 0 Å². The first-order valence-electron chi connectivity index (χ1n) is 5.73. The molecule has 0 bridgehead atoms. The lowest BCUT2D eigenvalue weighted by atomic mass is 10.1. The van der Waals surface area contributed by atoms with E-state index >= 15 is 0 Å². The lowest BCUT2D eigenvalue weighted by Crippen LogP contribution is -2.33. The summed E-state index contributed by atoms with van der Waals surface area (Å²) in [5, 5.41) is 3.96. The lowest BCUT2D eigenvalue weighted by molar-refractivity contribution is -0.661. The molecule has 3 aromatic rings. The summed E-state index contributed by atoms with van der Waals surface area (Å²) in [5.74, 6) is 0. The van der Waals surface area contributed by atoms with Crippen molar-refractivity contribution in [1.82, 2.24) is 0 Å². The van der Waals surface area contributed by atoms with Gasteiger partial charge >= 0.3 is 0 Å². The molecular formula is C15H14NS+. The average Bonchev–Trinajstić information content (AvgIpc) is 2.67. The molecule has 3 rings (SSSR count). The maximum Gasteiger partial charge on any atom is 0.235 e. The lowest BCUT2D eigenvalue weighted by Gasteiger charge is -1.97. The topological polar surface area (TPSA) is 3.88 Å². The molecule has 0 aliphatic rings. The molecule has 0 radical (unpaired) electrons. The van der Waals surface area contributed by atoms with Gasteiger partial charge in [-0.25, -0.2) is 0 Å². The molecule has 0 saturated carbocycles. The predicted octanol–water partition coefficient (Wildman–Crippen LogP) is 3.84. The summed E-state index contributed by atoms with van der Waals surface area (Å²) in [4.78, 5) is 0. The largest absolute Gasteiger partial charge is 0.235 e. The van der Waals surface area contributed by atoms with Gasteiger partial charge in [0, 0.05) is 6.92 Å². The molecule has 17 heavy (non-hydrogen) atoms. The van der Waals surface area contributed by atoms with Crippen LogP contribution >= 0.6 is 11.3 Å². The van der Waals surface area contributed by atoms with E-state index in [0.29, 0.717) is 0 Å². The number of benzene rings is 2. The standard InChI is InChI=1S/C15H14NS/c1-3-10-16-11(2)17-14-9-8-12-6-4-5-7-13(12)15(14)16/h3-9H,1,10H2,2H3/q+1. The average molecular weight is 240 g/mol. The van der Waals surface area contributed by atoms with Gasteiger partial charge in [-0.05, 0) is 23.6 Å². The van der Waals surface area contributed by atoms with E-state index in [2.05, 4.69) is 54.5 Å². The fraction of sp³-hybridized carbons (Fsp3) is 0.133. The highest BCUT2D eigenvalue weighted by Crippen LogP contribution is 2.27. The van der Waals surface area contributed by atoms with Crippen molar-refractivity contribution in [2.24, 2.45) is 0 Å². The van der Waals surface area contributed by atoms with Crippen molar-refractivity contribution < 1.29 is 4.57 Å². The Hall–Kier alpha value is -1.67. The first-order valence-corrected chi connectivity index (χ1v) is 6.54. The molecular weight excluding hydrogens is 226 g/mol. The van der Waals surface area contributed by atoms with Gasteiger partial charge in [0.25, 0.3) is 0 Å². The zero-order valence-corrected chi connectivity index (χ0v) is 10.6. The van der Waals surface area contributed by atoms with Gasteiger partial charge in [0.2, 0.25) is 10.5 Å². The molecule has 1 nitrogen and oxygen atoms in total. The third-order valence-electron chi connectivity index (χ3n) is 3.08. The smallest absolute Gasteiger partial charge is 0.182 e. The van der Waals surface area contributed by atoms with E-state index in [4.69, 9.17) is 0 Å². The zero-order chi connectivity index (χ0) is 11.8. The summed E-state index contributed by atoms with van der Waals surface area (Å²) in [6.07, 6.45) is 1.96. The van der Waals surface area contributed by atoms with Crippen LogP contribution in [0.1, 0.15) is 5.01 Å². The number of hydrogen-bond acceptors (Lipinski definition) is 1. The Morgan fingerprint density at radius 1 is 1.24 bits per heavy atom. The van der Waals surface area contributed by atoms with Gasteiger partial charge in [0.1, 0.15) is 4.70 Å². The molecule has 0 spiro atoms. The summed E-state index contributed by atoms with van der Waals surface area (Å²) in [6.45, 7) is 6.89. The quantitative estimate of drug-likeness (QED) is 0.473. The predicted molar refractivity (Wildman–Crippen MR) is 74.5 cm³/mol. The number of hydrogen-bond donors (Lipinski definition) is 0. The van der Waals surface area contributed by atoms with Crippen molar-refractivity contribution in [2.75, 3.05) is 0 Å². The summed E-state index contributed by atoms with van der Waals surface area (Å²) in [5.41, 5.74) is 1.34. The van der Waals surface area contributed by atoms with Gasteiger partial charge in [-0.2, -0.15) is 4.57 Å². The SMILES string of the molecule is C=CC[n+]1c(C)sc2ccc3ccccc3c21. The van der Waals surface area contributed by atoms with Crippen molar-refractivity contribution in [2.45, 2.75) is 13.5 Å². The van der Waals surface area contributed by atoms with Crippen LogP contribution in [0.3, 0.4) is 0 Å². The minimum absolute atomic E-state index is 0.875. The Balaban J connectivity index is 2.50. The Bertz CT molecular complexity index is 709. The molecule has 0 amide bonds. The molecule has 0 atom stereocenters. The molecule has 2 heteroatoms.